The molecule has 2 heterocycles. The molecule has 2 aliphatic rings. The molecule has 2 saturated heterocycles. The molecule has 0 spiro atoms. The Morgan fingerprint density at radius 3 is 2.43 bits per heavy atom. The predicted molar refractivity (Wildman–Crippen MR) is 80.6 cm³/mol. The molecule has 114 valence electrons. The Morgan fingerprint density at radius 1 is 1.24 bits per heavy atom. The standard InChI is InChI=1S/C16H20ClFN2O/c17-9-16(21)19-13-7-14-5-6-15(8-13)20(14)10-11-1-3-12(18)4-2-11/h1-4,13-15H,5-10H2,(H,19,21). The Labute approximate surface area is 129 Å². The summed E-state index contributed by atoms with van der Waals surface area (Å²) in [6.07, 6.45) is 4.33. The molecule has 2 fully saturated rings. The summed E-state index contributed by atoms with van der Waals surface area (Å²) in [4.78, 5) is 13.9. The normalized spacial score (nSPS) is 28.6. The third-order valence-electron chi connectivity index (χ3n) is 4.65. The van der Waals surface area contributed by atoms with E-state index in [0.29, 0.717) is 12.1 Å². The van der Waals surface area contributed by atoms with Crippen LogP contribution in [-0.2, 0) is 11.3 Å². The maximum Gasteiger partial charge on any atom is 0.235 e. The molecular formula is C16H20ClFN2O. The lowest BCUT2D eigenvalue weighted by atomic mass is 9.96. The van der Waals surface area contributed by atoms with E-state index in [1.807, 2.05) is 12.1 Å². The topological polar surface area (TPSA) is 32.3 Å². The first-order valence-corrected chi connectivity index (χ1v) is 8.04. The highest BCUT2D eigenvalue weighted by molar-refractivity contribution is 6.27. The van der Waals surface area contributed by atoms with E-state index in [4.69, 9.17) is 11.6 Å². The van der Waals surface area contributed by atoms with Gasteiger partial charge in [0.05, 0.1) is 0 Å². The molecule has 21 heavy (non-hydrogen) atoms. The van der Waals surface area contributed by atoms with E-state index in [1.165, 1.54) is 25.0 Å². The van der Waals surface area contributed by atoms with Gasteiger partial charge < -0.3 is 5.32 Å². The first kappa shape index (κ1) is 14.8. The fourth-order valence-electron chi connectivity index (χ4n) is 3.72. The van der Waals surface area contributed by atoms with E-state index in [-0.39, 0.29) is 23.6 Å². The Kier molecular flexibility index (Phi) is 4.45. The molecule has 2 unspecified atom stereocenters. The summed E-state index contributed by atoms with van der Waals surface area (Å²) in [5.74, 6) is -0.234. The van der Waals surface area contributed by atoms with E-state index in [1.54, 1.807) is 0 Å². The Bertz CT molecular complexity index is 494. The lowest BCUT2D eigenvalue weighted by Crippen LogP contribution is -2.50. The van der Waals surface area contributed by atoms with E-state index < -0.39 is 0 Å². The second kappa shape index (κ2) is 6.32. The minimum Gasteiger partial charge on any atom is -0.352 e. The molecule has 5 heteroatoms. The smallest absolute Gasteiger partial charge is 0.235 e. The van der Waals surface area contributed by atoms with Crippen LogP contribution in [0, 0.1) is 5.82 Å². The molecule has 1 amide bonds. The van der Waals surface area contributed by atoms with E-state index in [0.717, 1.165) is 24.9 Å². The van der Waals surface area contributed by atoms with Crippen molar-refractivity contribution in [1.82, 2.24) is 10.2 Å². The zero-order valence-electron chi connectivity index (χ0n) is 11.9. The Balaban J connectivity index is 1.62. The highest BCUT2D eigenvalue weighted by Crippen LogP contribution is 2.36. The van der Waals surface area contributed by atoms with Crippen LogP contribution in [0.25, 0.3) is 0 Å². The van der Waals surface area contributed by atoms with Crippen molar-refractivity contribution >= 4 is 17.5 Å². The minimum atomic E-state index is -0.191. The molecular weight excluding hydrogens is 291 g/mol. The second-order valence-electron chi connectivity index (χ2n) is 6.05. The van der Waals surface area contributed by atoms with Crippen LogP contribution in [0.3, 0.4) is 0 Å². The molecule has 3 nitrogen and oxygen atoms in total. The van der Waals surface area contributed by atoms with Gasteiger partial charge in [-0.1, -0.05) is 12.1 Å². The lowest BCUT2D eigenvalue weighted by molar-refractivity contribution is -0.119. The summed E-state index contributed by atoms with van der Waals surface area (Å²) in [6.45, 7) is 0.867. The Morgan fingerprint density at radius 2 is 1.86 bits per heavy atom. The number of halogens is 2. The van der Waals surface area contributed by atoms with Crippen molar-refractivity contribution in [2.24, 2.45) is 0 Å². The van der Waals surface area contributed by atoms with Crippen LogP contribution in [-0.4, -0.2) is 34.8 Å². The number of nitrogens with zero attached hydrogens (tertiary/aromatic N) is 1. The van der Waals surface area contributed by atoms with Crippen LogP contribution in [0.1, 0.15) is 31.2 Å². The quantitative estimate of drug-likeness (QED) is 0.867. The van der Waals surface area contributed by atoms with Crippen molar-refractivity contribution in [3.05, 3.63) is 35.6 Å². The molecule has 1 aromatic carbocycles. The van der Waals surface area contributed by atoms with Crippen molar-refractivity contribution < 1.29 is 9.18 Å². The SMILES string of the molecule is O=C(CCl)NC1CC2CCC(C1)N2Cc1ccc(F)cc1. The monoisotopic (exact) mass is 310 g/mol. The fraction of sp³-hybridized carbons (Fsp3) is 0.562. The van der Waals surface area contributed by atoms with E-state index >= 15 is 0 Å². The van der Waals surface area contributed by atoms with Gasteiger partial charge in [-0.2, -0.15) is 0 Å². The zero-order chi connectivity index (χ0) is 14.8. The summed E-state index contributed by atoms with van der Waals surface area (Å²) < 4.78 is 13.0. The summed E-state index contributed by atoms with van der Waals surface area (Å²) in [5, 5.41) is 3.01. The van der Waals surface area contributed by atoms with Crippen LogP contribution < -0.4 is 5.32 Å². The number of hydrogen-bond donors (Lipinski definition) is 1. The third kappa shape index (κ3) is 3.38. The first-order valence-electron chi connectivity index (χ1n) is 7.51. The molecule has 3 rings (SSSR count). The number of piperidine rings is 1. The molecule has 0 saturated carbocycles. The number of rotatable bonds is 4. The maximum absolute atomic E-state index is 13.0. The van der Waals surface area contributed by atoms with Gasteiger partial charge in [0.2, 0.25) is 5.91 Å². The van der Waals surface area contributed by atoms with Crippen LogP contribution >= 0.6 is 11.6 Å². The number of carbonyl (C=O) groups excluding carboxylic acids is 1. The van der Waals surface area contributed by atoms with Gasteiger partial charge in [-0.25, -0.2) is 4.39 Å². The van der Waals surface area contributed by atoms with Crippen molar-refractivity contribution in [3.8, 4) is 0 Å². The van der Waals surface area contributed by atoms with Gasteiger partial charge in [-0.05, 0) is 43.4 Å². The number of benzene rings is 1. The number of nitrogens with one attached hydrogen (secondary N) is 1. The average molecular weight is 311 g/mol. The molecule has 2 bridgehead atoms. The van der Waals surface area contributed by atoms with Gasteiger partial charge >= 0.3 is 0 Å². The third-order valence-corrected chi connectivity index (χ3v) is 4.89. The van der Waals surface area contributed by atoms with Crippen molar-refractivity contribution in [2.45, 2.75) is 50.4 Å². The van der Waals surface area contributed by atoms with Crippen molar-refractivity contribution in [1.29, 1.82) is 0 Å². The molecule has 0 aromatic heterocycles. The van der Waals surface area contributed by atoms with Crippen molar-refractivity contribution in [2.75, 3.05) is 5.88 Å². The molecule has 2 atom stereocenters. The first-order chi connectivity index (χ1) is 10.2. The highest BCUT2D eigenvalue weighted by Gasteiger charge is 2.40. The average Bonchev–Trinajstić information content (AvgIpc) is 2.71. The summed E-state index contributed by atoms with van der Waals surface area (Å²) in [6, 6.07) is 8.02. The van der Waals surface area contributed by atoms with Gasteiger partial charge in [0.15, 0.2) is 0 Å². The van der Waals surface area contributed by atoms with E-state index in [9.17, 15) is 9.18 Å². The molecule has 1 N–H and O–H groups in total. The van der Waals surface area contributed by atoms with E-state index in [2.05, 4.69) is 10.2 Å². The minimum absolute atomic E-state index is 0.0329. The van der Waals surface area contributed by atoms with Gasteiger partial charge in [0, 0.05) is 24.7 Å². The van der Waals surface area contributed by atoms with Gasteiger partial charge in [-0.15, -0.1) is 11.6 Å². The summed E-state index contributed by atoms with van der Waals surface area (Å²) in [7, 11) is 0. The molecule has 1 aromatic rings. The molecule has 0 aliphatic carbocycles. The van der Waals surface area contributed by atoms with Crippen LogP contribution in [0.4, 0.5) is 4.39 Å². The second-order valence-corrected chi connectivity index (χ2v) is 6.32. The number of alkyl halides is 1. The van der Waals surface area contributed by atoms with Crippen molar-refractivity contribution in [3.63, 3.8) is 0 Å². The zero-order valence-corrected chi connectivity index (χ0v) is 12.7. The number of carbonyl (C=O) groups is 1. The maximum atomic E-state index is 13.0. The molecule has 0 radical (unpaired) electrons. The van der Waals surface area contributed by atoms with Crippen LogP contribution in [0.15, 0.2) is 24.3 Å². The van der Waals surface area contributed by atoms with Gasteiger partial charge in [-0.3, -0.25) is 9.69 Å². The van der Waals surface area contributed by atoms with Crippen LogP contribution in [0.2, 0.25) is 0 Å². The van der Waals surface area contributed by atoms with Crippen LogP contribution in [0.5, 0.6) is 0 Å². The van der Waals surface area contributed by atoms with Gasteiger partial charge in [0.1, 0.15) is 11.7 Å². The number of amides is 1. The fourth-order valence-corrected chi connectivity index (χ4v) is 3.79. The lowest BCUT2D eigenvalue weighted by Gasteiger charge is -2.39. The molecule has 2 aliphatic heterocycles. The largest absolute Gasteiger partial charge is 0.352 e. The number of hydrogen-bond acceptors (Lipinski definition) is 2. The highest BCUT2D eigenvalue weighted by atomic mass is 35.5. The predicted octanol–water partition coefficient (Wildman–Crippen LogP) is 2.68. The summed E-state index contributed by atoms with van der Waals surface area (Å²) >= 11 is 5.56. The Hall–Kier alpha value is -1.13. The summed E-state index contributed by atoms with van der Waals surface area (Å²) in [5.41, 5.74) is 1.15. The number of fused-ring (bicyclic) bond motifs is 2. The van der Waals surface area contributed by atoms with Gasteiger partial charge in [0.25, 0.3) is 0 Å².